The van der Waals surface area contributed by atoms with Crippen molar-refractivity contribution < 1.29 is 28.5 Å². The van der Waals surface area contributed by atoms with E-state index in [2.05, 4.69) is 9.78 Å². The Balaban J connectivity index is 0.000000336. The summed E-state index contributed by atoms with van der Waals surface area (Å²) < 4.78 is 10.7. The van der Waals surface area contributed by atoms with Crippen molar-refractivity contribution in [3.8, 4) is 11.5 Å². The lowest BCUT2D eigenvalue weighted by Crippen LogP contribution is -2.36. The Hall–Kier alpha value is -2.74. The maximum absolute atomic E-state index is 10.7. The number of nitrogens with zero attached hydrogens (tertiary/aromatic N) is 1. The maximum atomic E-state index is 10.7. The fraction of sp³-hybridized carbons (Fsp3) is 0.278. The van der Waals surface area contributed by atoms with Crippen LogP contribution in [0.2, 0.25) is 0 Å². The zero-order valence-corrected chi connectivity index (χ0v) is 16.7. The molecule has 0 aromatic heterocycles. The Morgan fingerprint density at radius 3 is 2.04 bits per heavy atom. The highest BCUT2D eigenvalue weighted by Crippen LogP contribution is 2.26. The fourth-order valence-electron chi connectivity index (χ4n) is 1.65. The first-order valence-electron chi connectivity index (χ1n) is 8.23. The molecule has 0 amide bonds. The molecule has 0 spiro atoms. The number of nitrogens with two attached hydrogens (primary N) is 1. The lowest BCUT2D eigenvalue weighted by Gasteiger charge is -2.11. The molecule has 10 heteroatoms. The summed E-state index contributed by atoms with van der Waals surface area (Å²) in [5, 5.41) is 10.5. The Labute approximate surface area is 164 Å². The summed E-state index contributed by atoms with van der Waals surface area (Å²) in [5.41, 5.74) is 5.43. The maximum Gasteiger partial charge on any atom is 0.359 e. The summed E-state index contributed by atoms with van der Waals surface area (Å²) in [6.45, 7) is 3.67. The fourth-order valence-corrected chi connectivity index (χ4v) is 2.16. The number of rotatable bonds is 8. The molecule has 0 aliphatic carbocycles. The van der Waals surface area contributed by atoms with Crippen molar-refractivity contribution in [3.05, 3.63) is 64.7 Å². The number of para-hydroxylation sites is 1. The molecule has 0 aliphatic heterocycles. The molecule has 2 aromatic carbocycles. The van der Waals surface area contributed by atoms with E-state index in [4.69, 9.17) is 14.8 Å². The summed E-state index contributed by atoms with van der Waals surface area (Å²) in [6, 6.07) is 14.5. The molecular formula is C18H23N2O7P. The molecule has 9 nitrogen and oxygen atoms in total. The molecule has 0 saturated heterocycles. The van der Waals surface area contributed by atoms with Gasteiger partial charge in [0, 0.05) is 12.1 Å². The van der Waals surface area contributed by atoms with Gasteiger partial charge in [0.2, 0.25) is 0 Å². The van der Waals surface area contributed by atoms with Crippen LogP contribution in [0.4, 0.5) is 5.69 Å². The van der Waals surface area contributed by atoms with Crippen molar-refractivity contribution in [2.24, 2.45) is 11.7 Å². The van der Waals surface area contributed by atoms with Crippen molar-refractivity contribution >= 4 is 20.7 Å². The zero-order valence-electron chi connectivity index (χ0n) is 15.7. The Morgan fingerprint density at radius 2 is 1.57 bits per heavy atom. The first-order chi connectivity index (χ1) is 13.3. The topological polar surface area (TPSA) is 123 Å². The number of carbonyl (C=O) groups is 1. The van der Waals surface area contributed by atoms with Crippen LogP contribution in [0, 0.1) is 16.0 Å². The van der Waals surface area contributed by atoms with Gasteiger partial charge in [0.25, 0.3) is 14.7 Å². The van der Waals surface area contributed by atoms with Crippen molar-refractivity contribution in [2.75, 3.05) is 7.11 Å². The summed E-state index contributed by atoms with van der Waals surface area (Å²) >= 11 is 0. The van der Waals surface area contributed by atoms with Crippen LogP contribution in [0.25, 0.3) is 0 Å². The number of hydrogen-bond donors (Lipinski definition) is 1. The van der Waals surface area contributed by atoms with Gasteiger partial charge in [-0.25, -0.2) is 4.79 Å². The Kier molecular flexibility index (Phi) is 10.5. The van der Waals surface area contributed by atoms with Gasteiger partial charge in [-0.15, -0.1) is 0 Å². The summed E-state index contributed by atoms with van der Waals surface area (Å²) in [5.74, 6) is 0.799. The molecule has 0 heterocycles. The second-order valence-electron chi connectivity index (χ2n) is 5.69. The molecule has 0 fully saturated rings. The number of nitro benzene ring substituents is 1. The first kappa shape index (κ1) is 23.3. The van der Waals surface area contributed by atoms with E-state index in [1.807, 2.05) is 44.2 Å². The quantitative estimate of drug-likeness (QED) is 0.303. The number of nitro groups is 1. The summed E-state index contributed by atoms with van der Waals surface area (Å²) in [4.78, 5) is 29.1. The molecular weight excluding hydrogens is 387 g/mol. The number of carbonyl (C=O) groups excluding carboxylic acids is 1. The van der Waals surface area contributed by atoms with Crippen LogP contribution >= 0.6 is 9.03 Å². The lowest BCUT2D eigenvalue weighted by atomic mass is 10.1. The van der Waals surface area contributed by atoms with Gasteiger partial charge in [-0.05, 0) is 30.2 Å². The molecule has 2 rings (SSSR count). The van der Waals surface area contributed by atoms with Crippen LogP contribution in [0.3, 0.4) is 0 Å². The van der Waals surface area contributed by atoms with E-state index < -0.39 is 16.9 Å². The molecule has 2 atom stereocenters. The van der Waals surface area contributed by atoms with Crippen LogP contribution in [0.1, 0.15) is 13.8 Å². The van der Waals surface area contributed by atoms with E-state index in [9.17, 15) is 14.9 Å². The smallest absolute Gasteiger partial charge is 0.359 e. The largest absolute Gasteiger partial charge is 0.441 e. The van der Waals surface area contributed by atoms with E-state index in [1.54, 1.807) is 12.1 Å². The number of non-ortho nitro benzene ring substituents is 1. The molecule has 0 aliphatic rings. The van der Waals surface area contributed by atoms with Gasteiger partial charge in [-0.2, -0.15) is 4.89 Å². The molecule has 28 heavy (non-hydrogen) atoms. The van der Waals surface area contributed by atoms with Crippen molar-refractivity contribution in [1.29, 1.82) is 0 Å². The number of hydrogen-bond acceptors (Lipinski definition) is 8. The highest BCUT2D eigenvalue weighted by Gasteiger charge is 2.19. The van der Waals surface area contributed by atoms with Crippen LogP contribution in [0.5, 0.6) is 11.5 Å². The standard InChI is InChI=1S/C12H10NO4P.C6H13NO3/c14-13(15)10-6-8-12(9-7-10)17-18-16-11-4-2-1-3-5-11;1-4(2)5(7)6(8)10-9-3/h1-9,18H;4-5H,7H2,1-3H3. The van der Waals surface area contributed by atoms with Crippen LogP contribution in [0.15, 0.2) is 54.6 Å². The molecule has 2 unspecified atom stereocenters. The van der Waals surface area contributed by atoms with Crippen molar-refractivity contribution in [1.82, 2.24) is 0 Å². The number of benzene rings is 2. The average molecular weight is 410 g/mol. The minimum absolute atomic E-state index is 0.0367. The van der Waals surface area contributed by atoms with Crippen LogP contribution < -0.4 is 14.8 Å². The third-order valence-corrected chi connectivity index (χ3v) is 3.90. The van der Waals surface area contributed by atoms with Crippen molar-refractivity contribution in [3.63, 3.8) is 0 Å². The Bertz CT molecular complexity index is 726. The SMILES string of the molecule is COOC(=O)C(N)C(C)C.O=[N+]([O-])c1ccc(OPOc2ccccc2)cc1. The van der Waals surface area contributed by atoms with Gasteiger partial charge in [-0.1, -0.05) is 32.0 Å². The average Bonchev–Trinajstić information content (AvgIpc) is 2.69. The third kappa shape index (κ3) is 8.77. The van der Waals surface area contributed by atoms with Gasteiger partial charge in [0.1, 0.15) is 17.5 Å². The highest BCUT2D eigenvalue weighted by atomic mass is 31.1. The van der Waals surface area contributed by atoms with E-state index in [0.717, 1.165) is 5.75 Å². The van der Waals surface area contributed by atoms with E-state index >= 15 is 0 Å². The predicted molar refractivity (Wildman–Crippen MR) is 105 cm³/mol. The predicted octanol–water partition coefficient (Wildman–Crippen LogP) is 3.64. The van der Waals surface area contributed by atoms with Crippen molar-refractivity contribution in [2.45, 2.75) is 19.9 Å². The van der Waals surface area contributed by atoms with Gasteiger partial charge >= 0.3 is 5.97 Å². The third-order valence-electron chi connectivity index (χ3n) is 3.27. The molecule has 0 saturated carbocycles. The zero-order chi connectivity index (χ0) is 20.9. The van der Waals surface area contributed by atoms with Gasteiger partial charge in [-0.3, -0.25) is 15.0 Å². The van der Waals surface area contributed by atoms with E-state index in [-0.39, 0.29) is 20.6 Å². The van der Waals surface area contributed by atoms with Crippen LogP contribution in [-0.4, -0.2) is 24.0 Å². The monoisotopic (exact) mass is 410 g/mol. The minimum Gasteiger partial charge on any atom is -0.441 e. The van der Waals surface area contributed by atoms with Gasteiger partial charge in [0.15, 0.2) is 0 Å². The van der Waals surface area contributed by atoms with Gasteiger partial charge in [0.05, 0.1) is 12.0 Å². The normalized spacial score (nSPS) is 11.5. The molecule has 0 bridgehead atoms. The van der Waals surface area contributed by atoms with Gasteiger partial charge < -0.3 is 14.8 Å². The second kappa shape index (κ2) is 12.6. The van der Waals surface area contributed by atoms with E-state index in [1.165, 1.54) is 19.2 Å². The lowest BCUT2D eigenvalue weighted by molar-refractivity contribution is -0.384. The van der Waals surface area contributed by atoms with E-state index in [0.29, 0.717) is 5.75 Å². The van der Waals surface area contributed by atoms with Crippen LogP contribution in [-0.2, 0) is 14.6 Å². The molecule has 0 radical (unpaired) electrons. The first-order valence-corrected chi connectivity index (χ1v) is 9.05. The molecule has 2 N–H and O–H groups in total. The molecule has 152 valence electrons. The highest BCUT2D eigenvalue weighted by molar-refractivity contribution is 7.27. The summed E-state index contributed by atoms with van der Waals surface area (Å²) in [6.07, 6.45) is 0. The minimum atomic E-state index is -0.597. The summed E-state index contributed by atoms with van der Waals surface area (Å²) in [7, 11) is 1.08. The Morgan fingerprint density at radius 1 is 1.04 bits per heavy atom. The molecule has 2 aromatic rings. The second-order valence-corrected chi connectivity index (χ2v) is 6.27.